The zero-order valence-corrected chi connectivity index (χ0v) is 8.58. The van der Waals surface area contributed by atoms with Crippen LogP contribution >= 0.6 is 22.6 Å². The molecule has 0 radical (unpaired) electrons. The van der Waals surface area contributed by atoms with Gasteiger partial charge in [0.1, 0.15) is 0 Å². The Kier molecular flexibility index (Phi) is 1.87. The first kappa shape index (κ1) is 7.53. The molecule has 1 aliphatic carbocycles. The highest BCUT2D eigenvalue weighted by Crippen LogP contribution is 2.43. The first-order valence-corrected chi connectivity index (χ1v) is 5.12. The Morgan fingerprint density at radius 2 is 2.45 bits per heavy atom. The van der Waals surface area contributed by atoms with E-state index in [1.165, 1.54) is 17.7 Å². The zero-order valence-electron chi connectivity index (χ0n) is 6.42. The monoisotopic (exact) mass is 259 g/mol. The summed E-state index contributed by atoms with van der Waals surface area (Å²) >= 11 is 2.50. The fourth-order valence-electron chi connectivity index (χ4n) is 1.66. The standard InChI is InChI=1S/C9H10IN/c1-6-5-8(10)7-3-2-4-11-9(6)7/h2-4,6,8H,5H2,1H3/t6-,8+/m1/s1. The van der Waals surface area contributed by atoms with Crippen molar-refractivity contribution >= 4 is 22.6 Å². The first-order chi connectivity index (χ1) is 5.29. The van der Waals surface area contributed by atoms with Gasteiger partial charge in [-0.2, -0.15) is 0 Å². The van der Waals surface area contributed by atoms with Crippen LogP contribution in [0.25, 0.3) is 0 Å². The second-order valence-electron chi connectivity index (χ2n) is 3.08. The number of hydrogen-bond acceptors (Lipinski definition) is 1. The molecule has 0 unspecified atom stereocenters. The van der Waals surface area contributed by atoms with Gasteiger partial charge >= 0.3 is 0 Å². The Balaban J connectivity index is 2.52. The molecule has 2 heteroatoms. The molecule has 1 heterocycles. The highest BCUT2D eigenvalue weighted by atomic mass is 127. The van der Waals surface area contributed by atoms with Crippen molar-refractivity contribution in [3.05, 3.63) is 29.6 Å². The maximum absolute atomic E-state index is 4.39. The topological polar surface area (TPSA) is 12.9 Å². The second-order valence-corrected chi connectivity index (χ2v) is 4.59. The van der Waals surface area contributed by atoms with Gasteiger partial charge in [0.25, 0.3) is 0 Å². The number of rotatable bonds is 0. The van der Waals surface area contributed by atoms with E-state index < -0.39 is 0 Å². The molecule has 2 atom stereocenters. The molecule has 1 aromatic heterocycles. The molecule has 0 amide bonds. The number of pyridine rings is 1. The van der Waals surface area contributed by atoms with Gasteiger partial charge in [0.2, 0.25) is 0 Å². The van der Waals surface area contributed by atoms with Crippen LogP contribution in [0.1, 0.15) is 34.4 Å². The van der Waals surface area contributed by atoms with Gasteiger partial charge < -0.3 is 0 Å². The molecule has 0 aliphatic heterocycles. The molecule has 1 aliphatic rings. The molecule has 0 saturated heterocycles. The van der Waals surface area contributed by atoms with Crippen molar-refractivity contribution in [3.63, 3.8) is 0 Å². The molecule has 0 saturated carbocycles. The number of halogens is 1. The van der Waals surface area contributed by atoms with Gasteiger partial charge in [0.15, 0.2) is 0 Å². The number of nitrogens with zero attached hydrogens (tertiary/aromatic N) is 1. The SMILES string of the molecule is C[C@@H]1C[C@H](I)c2cccnc21. The van der Waals surface area contributed by atoms with E-state index in [-0.39, 0.29) is 0 Å². The lowest BCUT2D eigenvalue weighted by Crippen LogP contribution is -1.89. The number of hydrogen-bond donors (Lipinski definition) is 0. The Bertz CT molecular complexity index is 245. The van der Waals surface area contributed by atoms with Gasteiger partial charge in [-0.3, -0.25) is 4.98 Å². The van der Waals surface area contributed by atoms with Crippen molar-refractivity contribution in [2.75, 3.05) is 0 Å². The van der Waals surface area contributed by atoms with E-state index in [0.29, 0.717) is 9.84 Å². The van der Waals surface area contributed by atoms with E-state index in [9.17, 15) is 0 Å². The molecule has 0 bridgehead atoms. The molecular weight excluding hydrogens is 249 g/mol. The Hall–Kier alpha value is -0.120. The van der Waals surface area contributed by atoms with Crippen LogP contribution in [-0.2, 0) is 0 Å². The Morgan fingerprint density at radius 3 is 3.18 bits per heavy atom. The predicted octanol–water partition coefficient (Wildman–Crippen LogP) is 3.06. The molecule has 58 valence electrons. The maximum atomic E-state index is 4.39. The smallest absolute Gasteiger partial charge is 0.0474 e. The normalized spacial score (nSPS) is 28.5. The van der Waals surface area contributed by atoms with Crippen LogP contribution in [0.2, 0.25) is 0 Å². The fraction of sp³-hybridized carbons (Fsp3) is 0.444. The average molecular weight is 259 g/mol. The van der Waals surface area contributed by atoms with E-state index in [1.807, 2.05) is 12.3 Å². The van der Waals surface area contributed by atoms with Gasteiger partial charge in [0, 0.05) is 15.8 Å². The summed E-state index contributed by atoms with van der Waals surface area (Å²) in [6.07, 6.45) is 3.15. The molecule has 0 fully saturated rings. The molecule has 1 nitrogen and oxygen atoms in total. The van der Waals surface area contributed by atoms with Crippen molar-refractivity contribution < 1.29 is 0 Å². The minimum absolute atomic E-state index is 0.660. The molecule has 11 heavy (non-hydrogen) atoms. The molecule has 0 aromatic carbocycles. The second kappa shape index (κ2) is 2.73. The third-order valence-corrected chi connectivity index (χ3v) is 3.42. The van der Waals surface area contributed by atoms with Crippen LogP contribution in [0.4, 0.5) is 0 Å². The van der Waals surface area contributed by atoms with E-state index in [1.54, 1.807) is 0 Å². The molecule has 2 rings (SSSR count). The highest BCUT2D eigenvalue weighted by molar-refractivity contribution is 14.1. The fourth-order valence-corrected chi connectivity index (χ4v) is 2.95. The summed E-state index contributed by atoms with van der Waals surface area (Å²) in [6, 6.07) is 4.23. The minimum atomic E-state index is 0.660. The van der Waals surface area contributed by atoms with Crippen molar-refractivity contribution in [1.29, 1.82) is 0 Å². The lowest BCUT2D eigenvalue weighted by Gasteiger charge is -2.00. The lowest BCUT2D eigenvalue weighted by atomic mass is 10.1. The summed E-state index contributed by atoms with van der Waals surface area (Å²) < 4.78 is 0.686. The summed E-state index contributed by atoms with van der Waals surface area (Å²) in [7, 11) is 0. The van der Waals surface area contributed by atoms with Gasteiger partial charge in [-0.05, 0) is 24.0 Å². The Morgan fingerprint density at radius 1 is 1.64 bits per heavy atom. The van der Waals surface area contributed by atoms with Crippen LogP contribution in [-0.4, -0.2) is 4.98 Å². The van der Waals surface area contributed by atoms with Crippen LogP contribution in [0.3, 0.4) is 0 Å². The Labute approximate surface area is 80.4 Å². The third-order valence-electron chi connectivity index (χ3n) is 2.24. The highest BCUT2D eigenvalue weighted by Gasteiger charge is 2.26. The molecule has 1 aromatic rings. The van der Waals surface area contributed by atoms with Crippen molar-refractivity contribution in [3.8, 4) is 0 Å². The molecule has 0 N–H and O–H groups in total. The number of aromatic nitrogens is 1. The number of fused-ring (bicyclic) bond motifs is 1. The van der Waals surface area contributed by atoms with E-state index in [0.717, 1.165) is 0 Å². The minimum Gasteiger partial charge on any atom is -0.261 e. The van der Waals surface area contributed by atoms with E-state index >= 15 is 0 Å². The quantitative estimate of drug-likeness (QED) is 0.515. The molecule has 0 spiro atoms. The zero-order chi connectivity index (χ0) is 7.84. The van der Waals surface area contributed by atoms with Gasteiger partial charge in [-0.15, -0.1) is 0 Å². The van der Waals surface area contributed by atoms with Gasteiger partial charge in [-0.25, -0.2) is 0 Å². The first-order valence-electron chi connectivity index (χ1n) is 3.88. The summed E-state index contributed by atoms with van der Waals surface area (Å²) in [5, 5.41) is 0. The van der Waals surface area contributed by atoms with Gasteiger partial charge in [0.05, 0.1) is 0 Å². The summed E-state index contributed by atoms with van der Waals surface area (Å²) in [5.41, 5.74) is 2.76. The lowest BCUT2D eigenvalue weighted by molar-refractivity contribution is 0.733. The van der Waals surface area contributed by atoms with E-state index in [2.05, 4.69) is 40.6 Å². The third kappa shape index (κ3) is 1.17. The van der Waals surface area contributed by atoms with Crippen LogP contribution < -0.4 is 0 Å². The average Bonchev–Trinajstić information content (AvgIpc) is 2.30. The van der Waals surface area contributed by atoms with Crippen LogP contribution in [0.15, 0.2) is 18.3 Å². The van der Waals surface area contributed by atoms with E-state index in [4.69, 9.17) is 0 Å². The van der Waals surface area contributed by atoms with Gasteiger partial charge in [-0.1, -0.05) is 35.6 Å². The summed E-state index contributed by atoms with van der Waals surface area (Å²) in [6.45, 7) is 2.25. The van der Waals surface area contributed by atoms with Crippen molar-refractivity contribution in [2.45, 2.75) is 23.2 Å². The molecular formula is C9H10IN. The van der Waals surface area contributed by atoms with Crippen molar-refractivity contribution in [1.82, 2.24) is 4.98 Å². The predicted molar refractivity (Wildman–Crippen MR) is 54.0 cm³/mol. The van der Waals surface area contributed by atoms with Crippen LogP contribution in [0, 0.1) is 0 Å². The van der Waals surface area contributed by atoms with Crippen molar-refractivity contribution in [2.24, 2.45) is 0 Å². The summed E-state index contributed by atoms with van der Waals surface area (Å²) in [5.74, 6) is 0.660. The summed E-state index contributed by atoms with van der Waals surface area (Å²) in [4.78, 5) is 4.39. The maximum Gasteiger partial charge on any atom is 0.0474 e. The van der Waals surface area contributed by atoms with Crippen LogP contribution in [0.5, 0.6) is 0 Å². The largest absolute Gasteiger partial charge is 0.261 e. The number of alkyl halides is 1.